The molecular formula is C18H36N2O. The third-order valence-electron chi connectivity index (χ3n) is 5.31. The monoisotopic (exact) mass is 296 g/mol. The molecule has 1 saturated carbocycles. The van der Waals surface area contributed by atoms with Crippen LogP contribution in [0.3, 0.4) is 0 Å². The summed E-state index contributed by atoms with van der Waals surface area (Å²) < 4.78 is 0. The van der Waals surface area contributed by atoms with Gasteiger partial charge in [-0.2, -0.15) is 0 Å². The Bertz CT molecular complexity index is 306. The summed E-state index contributed by atoms with van der Waals surface area (Å²) in [5.41, 5.74) is -0.0247. The molecule has 0 aromatic heterocycles. The van der Waals surface area contributed by atoms with Gasteiger partial charge in [-0.15, -0.1) is 0 Å². The van der Waals surface area contributed by atoms with Crippen LogP contribution in [0.5, 0.6) is 0 Å². The highest BCUT2D eigenvalue weighted by Crippen LogP contribution is 2.37. The van der Waals surface area contributed by atoms with Crippen molar-refractivity contribution in [2.24, 2.45) is 11.3 Å². The van der Waals surface area contributed by atoms with Gasteiger partial charge >= 0.3 is 0 Å². The maximum Gasteiger partial charge on any atom is 0.0758 e. The van der Waals surface area contributed by atoms with Crippen molar-refractivity contribution in [2.45, 2.75) is 71.3 Å². The van der Waals surface area contributed by atoms with Crippen molar-refractivity contribution >= 4 is 0 Å². The number of β-amino-alcohol motifs (C(OH)–C–C–N with tert-alkyl or cyclic N) is 1. The van der Waals surface area contributed by atoms with Crippen molar-refractivity contribution in [3.05, 3.63) is 0 Å². The van der Waals surface area contributed by atoms with Crippen LogP contribution in [-0.2, 0) is 0 Å². The number of likely N-dealkylation sites (tertiary alicyclic amines) is 1. The molecule has 3 heteroatoms. The van der Waals surface area contributed by atoms with E-state index in [1.54, 1.807) is 0 Å². The predicted octanol–water partition coefficient (Wildman–Crippen LogP) is 3.03. The minimum absolute atomic E-state index is 0.436. The molecule has 21 heavy (non-hydrogen) atoms. The Kier molecular flexibility index (Phi) is 6.10. The van der Waals surface area contributed by atoms with Gasteiger partial charge in [-0.25, -0.2) is 0 Å². The molecule has 2 fully saturated rings. The van der Waals surface area contributed by atoms with Gasteiger partial charge in [0.2, 0.25) is 0 Å². The highest BCUT2D eigenvalue weighted by atomic mass is 16.3. The molecule has 2 N–H and O–H groups in total. The summed E-state index contributed by atoms with van der Waals surface area (Å²) in [5, 5.41) is 14.0. The Labute approximate surface area is 131 Å². The van der Waals surface area contributed by atoms with Gasteiger partial charge in [-0.3, -0.25) is 4.90 Å². The van der Waals surface area contributed by atoms with Crippen LogP contribution >= 0.6 is 0 Å². The first-order valence-electron chi connectivity index (χ1n) is 9.06. The number of hydrogen-bond donors (Lipinski definition) is 2. The average Bonchev–Trinajstić information content (AvgIpc) is 2.60. The quantitative estimate of drug-likeness (QED) is 0.740. The Morgan fingerprint density at radius 3 is 2.29 bits per heavy atom. The zero-order valence-electron chi connectivity index (χ0n) is 14.5. The van der Waals surface area contributed by atoms with Crippen LogP contribution in [0.1, 0.15) is 65.7 Å². The predicted molar refractivity (Wildman–Crippen MR) is 89.5 cm³/mol. The lowest BCUT2D eigenvalue weighted by molar-refractivity contribution is 0.0580. The standard InChI is InChI=1S/C18H36N2O/c1-16(2)12-19-13-18(8-6-4-5-7-9-18)15-20-11-10-17(3,21)14-20/h16,19,21H,4-15H2,1-3H3. The van der Waals surface area contributed by atoms with E-state index in [9.17, 15) is 5.11 Å². The van der Waals surface area contributed by atoms with E-state index in [0.29, 0.717) is 5.41 Å². The molecule has 0 aromatic rings. The number of nitrogens with one attached hydrogen (secondary N) is 1. The van der Waals surface area contributed by atoms with Crippen molar-refractivity contribution in [1.82, 2.24) is 10.2 Å². The van der Waals surface area contributed by atoms with Gasteiger partial charge in [0.25, 0.3) is 0 Å². The van der Waals surface area contributed by atoms with Crippen molar-refractivity contribution in [1.29, 1.82) is 0 Å². The highest BCUT2D eigenvalue weighted by molar-refractivity contribution is 4.92. The lowest BCUT2D eigenvalue weighted by Crippen LogP contribution is -2.45. The van der Waals surface area contributed by atoms with Gasteiger partial charge in [0.1, 0.15) is 0 Å². The zero-order chi connectivity index (χ0) is 15.3. The second-order valence-corrected chi connectivity index (χ2v) is 8.40. The largest absolute Gasteiger partial charge is 0.389 e. The molecule has 0 radical (unpaired) electrons. The molecule has 0 bridgehead atoms. The lowest BCUT2D eigenvalue weighted by atomic mass is 9.79. The summed E-state index contributed by atoms with van der Waals surface area (Å²) >= 11 is 0. The molecule has 0 aromatic carbocycles. The van der Waals surface area contributed by atoms with Crippen LogP contribution in [0.15, 0.2) is 0 Å². The second-order valence-electron chi connectivity index (χ2n) is 8.40. The van der Waals surface area contributed by atoms with Gasteiger partial charge in [0.05, 0.1) is 5.60 Å². The Hall–Kier alpha value is -0.120. The third-order valence-corrected chi connectivity index (χ3v) is 5.31. The lowest BCUT2D eigenvalue weighted by Gasteiger charge is -2.37. The van der Waals surface area contributed by atoms with Crippen molar-refractivity contribution in [2.75, 3.05) is 32.7 Å². The fraction of sp³-hybridized carbons (Fsp3) is 1.00. The summed E-state index contributed by atoms with van der Waals surface area (Å²) in [4.78, 5) is 2.52. The fourth-order valence-electron chi connectivity index (χ4n) is 4.14. The first-order chi connectivity index (χ1) is 9.91. The molecule has 2 rings (SSSR count). The second kappa shape index (κ2) is 7.43. The van der Waals surface area contributed by atoms with Crippen LogP contribution in [0, 0.1) is 11.3 Å². The van der Waals surface area contributed by atoms with E-state index in [2.05, 4.69) is 24.1 Å². The molecule has 1 aliphatic heterocycles. The first-order valence-corrected chi connectivity index (χ1v) is 9.06. The maximum absolute atomic E-state index is 10.2. The molecule has 0 spiro atoms. The van der Waals surface area contributed by atoms with Crippen molar-refractivity contribution in [3.8, 4) is 0 Å². The van der Waals surface area contributed by atoms with Crippen LogP contribution in [0.2, 0.25) is 0 Å². The van der Waals surface area contributed by atoms with E-state index >= 15 is 0 Å². The molecule has 1 atom stereocenters. The molecule has 1 heterocycles. The molecule has 2 aliphatic rings. The van der Waals surface area contributed by atoms with E-state index in [4.69, 9.17) is 0 Å². The SMILES string of the molecule is CC(C)CNCC1(CN2CCC(C)(O)C2)CCCCCC1. The van der Waals surface area contributed by atoms with Crippen molar-refractivity contribution < 1.29 is 5.11 Å². The molecule has 3 nitrogen and oxygen atoms in total. The van der Waals surface area contributed by atoms with E-state index < -0.39 is 5.60 Å². The van der Waals surface area contributed by atoms with Gasteiger partial charge in [-0.1, -0.05) is 39.5 Å². The fourth-order valence-corrected chi connectivity index (χ4v) is 4.14. The van der Waals surface area contributed by atoms with E-state index in [0.717, 1.165) is 38.5 Å². The summed E-state index contributed by atoms with van der Waals surface area (Å²) in [6, 6.07) is 0. The Morgan fingerprint density at radius 1 is 1.10 bits per heavy atom. The van der Waals surface area contributed by atoms with Crippen LogP contribution in [0.25, 0.3) is 0 Å². The normalized spacial score (nSPS) is 30.7. The number of rotatable bonds is 6. The van der Waals surface area contributed by atoms with E-state index in [1.807, 2.05) is 6.92 Å². The zero-order valence-corrected chi connectivity index (χ0v) is 14.5. The Morgan fingerprint density at radius 2 is 1.76 bits per heavy atom. The van der Waals surface area contributed by atoms with Crippen LogP contribution < -0.4 is 5.32 Å². The number of hydrogen-bond acceptors (Lipinski definition) is 3. The van der Waals surface area contributed by atoms with E-state index in [-0.39, 0.29) is 0 Å². The first kappa shape index (κ1) is 17.2. The maximum atomic E-state index is 10.2. The summed E-state index contributed by atoms with van der Waals surface area (Å²) in [6.45, 7) is 11.9. The number of aliphatic hydroxyl groups is 1. The molecule has 1 unspecified atom stereocenters. The van der Waals surface area contributed by atoms with Crippen LogP contribution in [0.4, 0.5) is 0 Å². The minimum atomic E-state index is -0.461. The van der Waals surface area contributed by atoms with Crippen LogP contribution in [-0.4, -0.2) is 48.3 Å². The van der Waals surface area contributed by atoms with Gasteiger partial charge in [-0.05, 0) is 44.1 Å². The topological polar surface area (TPSA) is 35.5 Å². The molecule has 124 valence electrons. The summed E-state index contributed by atoms with van der Waals surface area (Å²) in [7, 11) is 0. The molecule has 1 saturated heterocycles. The minimum Gasteiger partial charge on any atom is -0.389 e. The molecular weight excluding hydrogens is 260 g/mol. The summed E-state index contributed by atoms with van der Waals surface area (Å²) in [5.74, 6) is 0.723. The third kappa shape index (κ3) is 5.54. The highest BCUT2D eigenvalue weighted by Gasteiger charge is 2.38. The summed E-state index contributed by atoms with van der Waals surface area (Å²) in [6.07, 6.45) is 9.23. The average molecular weight is 296 g/mol. The van der Waals surface area contributed by atoms with Crippen molar-refractivity contribution in [3.63, 3.8) is 0 Å². The molecule has 0 amide bonds. The molecule has 1 aliphatic carbocycles. The Balaban J connectivity index is 1.94. The van der Waals surface area contributed by atoms with Gasteiger partial charge in [0.15, 0.2) is 0 Å². The number of nitrogens with zero attached hydrogens (tertiary/aromatic N) is 1. The van der Waals surface area contributed by atoms with E-state index in [1.165, 1.54) is 45.1 Å². The van der Waals surface area contributed by atoms with Gasteiger partial charge in [0, 0.05) is 26.2 Å². The smallest absolute Gasteiger partial charge is 0.0758 e. The van der Waals surface area contributed by atoms with Gasteiger partial charge < -0.3 is 10.4 Å².